The molecule has 100 valence electrons. The summed E-state index contributed by atoms with van der Waals surface area (Å²) in [6, 6.07) is 1.15. The molecule has 3 rings (SSSR count). The molecule has 0 radical (unpaired) electrons. The Labute approximate surface area is 112 Å². The van der Waals surface area contributed by atoms with Crippen molar-refractivity contribution in [2.45, 2.75) is 67.4 Å². The fourth-order valence-electron chi connectivity index (χ4n) is 3.17. The summed E-state index contributed by atoms with van der Waals surface area (Å²) < 4.78 is 2.07. The minimum atomic E-state index is 0.539. The predicted octanol–water partition coefficient (Wildman–Crippen LogP) is 2.02. The van der Waals surface area contributed by atoms with Crippen LogP contribution in [0.3, 0.4) is 0 Å². The molecule has 0 aliphatic heterocycles. The van der Waals surface area contributed by atoms with Gasteiger partial charge in [-0.3, -0.25) is 0 Å². The summed E-state index contributed by atoms with van der Waals surface area (Å²) in [5.41, 5.74) is 0. The van der Waals surface area contributed by atoms with Crippen LogP contribution in [-0.2, 0) is 0 Å². The van der Waals surface area contributed by atoms with Crippen molar-refractivity contribution in [2.75, 3.05) is 7.05 Å². The second kappa shape index (κ2) is 5.57. The highest BCUT2D eigenvalue weighted by atomic mass is 32.2. The monoisotopic (exact) mass is 267 g/mol. The zero-order valence-electron chi connectivity index (χ0n) is 10.9. The van der Waals surface area contributed by atoms with Crippen molar-refractivity contribution in [1.82, 2.24) is 25.5 Å². The van der Waals surface area contributed by atoms with Crippen LogP contribution in [-0.4, -0.2) is 38.5 Å². The van der Waals surface area contributed by atoms with Crippen molar-refractivity contribution in [2.24, 2.45) is 0 Å². The molecule has 5 nitrogen and oxygen atoms in total. The van der Waals surface area contributed by atoms with Gasteiger partial charge in [-0.25, -0.2) is 4.68 Å². The van der Waals surface area contributed by atoms with Gasteiger partial charge in [-0.2, -0.15) is 0 Å². The van der Waals surface area contributed by atoms with Gasteiger partial charge in [-0.15, -0.1) is 5.10 Å². The van der Waals surface area contributed by atoms with E-state index in [2.05, 4.69) is 32.6 Å². The topological polar surface area (TPSA) is 55.6 Å². The van der Waals surface area contributed by atoms with Crippen LogP contribution in [0.15, 0.2) is 5.16 Å². The minimum absolute atomic E-state index is 0.539. The normalized spacial score (nSPS) is 29.2. The highest BCUT2D eigenvalue weighted by Crippen LogP contribution is 2.37. The summed E-state index contributed by atoms with van der Waals surface area (Å²) in [5.74, 6) is 0. The number of hydrogen-bond acceptors (Lipinski definition) is 5. The quantitative estimate of drug-likeness (QED) is 0.904. The van der Waals surface area contributed by atoms with Crippen LogP contribution in [0.5, 0.6) is 0 Å². The van der Waals surface area contributed by atoms with Crippen LogP contribution >= 0.6 is 11.8 Å². The van der Waals surface area contributed by atoms with Gasteiger partial charge in [0.2, 0.25) is 5.16 Å². The van der Waals surface area contributed by atoms with Gasteiger partial charge >= 0.3 is 0 Å². The summed E-state index contributed by atoms with van der Waals surface area (Å²) in [4.78, 5) is 0. The molecule has 6 heteroatoms. The molecular weight excluding hydrogens is 246 g/mol. The number of tetrazole rings is 1. The smallest absolute Gasteiger partial charge is 0.209 e. The van der Waals surface area contributed by atoms with Crippen LogP contribution in [0.1, 0.15) is 51.0 Å². The lowest BCUT2D eigenvalue weighted by molar-refractivity contribution is 0.422. The van der Waals surface area contributed by atoms with E-state index in [0.717, 1.165) is 5.16 Å². The molecule has 2 unspecified atom stereocenters. The molecule has 2 fully saturated rings. The molecule has 2 atom stereocenters. The molecule has 1 aromatic rings. The van der Waals surface area contributed by atoms with E-state index in [1.807, 2.05) is 11.8 Å². The average Bonchev–Trinajstić information content (AvgIpc) is 3.09. The first kappa shape index (κ1) is 12.4. The van der Waals surface area contributed by atoms with E-state index in [0.29, 0.717) is 17.3 Å². The lowest BCUT2D eigenvalue weighted by atomic mass is 10.2. The Morgan fingerprint density at radius 3 is 2.78 bits per heavy atom. The molecule has 2 aliphatic carbocycles. The van der Waals surface area contributed by atoms with Crippen molar-refractivity contribution in [3.63, 3.8) is 0 Å². The number of nitrogens with zero attached hydrogens (tertiary/aromatic N) is 4. The third-order valence-electron chi connectivity index (χ3n) is 4.21. The largest absolute Gasteiger partial charge is 0.316 e. The molecule has 1 heterocycles. The number of hydrogen-bond donors (Lipinski definition) is 1. The van der Waals surface area contributed by atoms with Gasteiger partial charge in [-0.05, 0) is 43.2 Å². The molecule has 0 bridgehead atoms. The second-order valence-electron chi connectivity index (χ2n) is 5.33. The van der Waals surface area contributed by atoms with Crippen LogP contribution in [0.25, 0.3) is 0 Å². The molecule has 2 aliphatic rings. The van der Waals surface area contributed by atoms with E-state index >= 15 is 0 Å². The van der Waals surface area contributed by atoms with Crippen LogP contribution < -0.4 is 5.32 Å². The Kier molecular flexibility index (Phi) is 3.84. The van der Waals surface area contributed by atoms with Crippen LogP contribution in [0, 0.1) is 0 Å². The van der Waals surface area contributed by atoms with Crippen LogP contribution in [0.4, 0.5) is 0 Å². The van der Waals surface area contributed by atoms with E-state index in [1.54, 1.807) is 0 Å². The summed E-state index contributed by atoms with van der Waals surface area (Å²) >= 11 is 1.87. The summed E-state index contributed by atoms with van der Waals surface area (Å²) in [7, 11) is 2.06. The third kappa shape index (κ3) is 2.40. The van der Waals surface area contributed by atoms with E-state index < -0.39 is 0 Å². The molecule has 1 N–H and O–H groups in total. The molecule has 1 aromatic heterocycles. The summed E-state index contributed by atoms with van der Waals surface area (Å²) in [6.07, 6.45) is 8.97. The third-order valence-corrected chi connectivity index (χ3v) is 5.56. The van der Waals surface area contributed by atoms with Gasteiger partial charge in [0.05, 0.1) is 6.04 Å². The molecule has 0 amide bonds. The molecule has 18 heavy (non-hydrogen) atoms. The average molecular weight is 267 g/mol. The molecule has 2 saturated carbocycles. The molecule has 0 aromatic carbocycles. The van der Waals surface area contributed by atoms with Crippen molar-refractivity contribution >= 4 is 11.8 Å². The number of nitrogens with one attached hydrogen (secondary N) is 1. The zero-order valence-corrected chi connectivity index (χ0v) is 11.7. The predicted molar refractivity (Wildman–Crippen MR) is 71.7 cm³/mol. The maximum Gasteiger partial charge on any atom is 0.209 e. The first-order chi connectivity index (χ1) is 8.88. The SMILES string of the molecule is CNC1CCCC1Sc1nnnn1C1CCCC1. The van der Waals surface area contributed by atoms with Crippen molar-refractivity contribution in [1.29, 1.82) is 0 Å². The van der Waals surface area contributed by atoms with E-state index in [1.165, 1.54) is 44.9 Å². The minimum Gasteiger partial charge on any atom is -0.316 e. The Bertz CT molecular complexity index is 388. The van der Waals surface area contributed by atoms with Gasteiger partial charge in [-0.1, -0.05) is 31.0 Å². The first-order valence-electron chi connectivity index (χ1n) is 7.00. The highest BCUT2D eigenvalue weighted by molar-refractivity contribution is 7.99. The Balaban J connectivity index is 1.70. The van der Waals surface area contributed by atoms with Crippen molar-refractivity contribution in [3.05, 3.63) is 0 Å². The van der Waals surface area contributed by atoms with Crippen molar-refractivity contribution < 1.29 is 0 Å². The molecule has 0 saturated heterocycles. The van der Waals surface area contributed by atoms with Gasteiger partial charge in [0.1, 0.15) is 0 Å². The van der Waals surface area contributed by atoms with E-state index in [-0.39, 0.29) is 0 Å². The van der Waals surface area contributed by atoms with Gasteiger partial charge < -0.3 is 5.32 Å². The number of aromatic nitrogens is 4. The van der Waals surface area contributed by atoms with Crippen molar-refractivity contribution in [3.8, 4) is 0 Å². The van der Waals surface area contributed by atoms with Gasteiger partial charge in [0.25, 0.3) is 0 Å². The zero-order chi connectivity index (χ0) is 12.4. The lowest BCUT2D eigenvalue weighted by Crippen LogP contribution is -2.31. The molecule has 0 spiro atoms. The summed E-state index contributed by atoms with van der Waals surface area (Å²) in [6.45, 7) is 0. The molecular formula is C12H21N5S. The number of rotatable bonds is 4. The van der Waals surface area contributed by atoms with E-state index in [4.69, 9.17) is 0 Å². The number of thioether (sulfide) groups is 1. The Morgan fingerprint density at radius 2 is 2.00 bits per heavy atom. The Morgan fingerprint density at radius 1 is 1.17 bits per heavy atom. The fourth-order valence-corrected chi connectivity index (χ4v) is 4.54. The second-order valence-corrected chi connectivity index (χ2v) is 6.53. The van der Waals surface area contributed by atoms with Crippen LogP contribution in [0.2, 0.25) is 0 Å². The maximum absolute atomic E-state index is 4.23. The fraction of sp³-hybridized carbons (Fsp3) is 0.917. The Hall–Kier alpha value is -0.620. The highest BCUT2D eigenvalue weighted by Gasteiger charge is 2.30. The maximum atomic E-state index is 4.23. The lowest BCUT2D eigenvalue weighted by Gasteiger charge is -2.18. The standard InChI is InChI=1S/C12H21N5S/c1-13-10-7-4-8-11(10)18-12-14-15-16-17(12)9-5-2-3-6-9/h9-11,13H,2-8H2,1H3. The summed E-state index contributed by atoms with van der Waals surface area (Å²) in [5, 5.41) is 17.4. The van der Waals surface area contributed by atoms with E-state index in [9.17, 15) is 0 Å². The van der Waals surface area contributed by atoms with Gasteiger partial charge in [0, 0.05) is 11.3 Å². The van der Waals surface area contributed by atoms with Gasteiger partial charge in [0.15, 0.2) is 0 Å². The first-order valence-corrected chi connectivity index (χ1v) is 7.88.